The van der Waals surface area contributed by atoms with E-state index in [0.717, 1.165) is 81.8 Å². The van der Waals surface area contributed by atoms with Gasteiger partial charge in [0.2, 0.25) is 0 Å². The highest BCUT2D eigenvalue weighted by Crippen LogP contribution is 2.37. The Kier molecular flexibility index (Phi) is 9.90. The fraction of sp³-hybridized carbons (Fsp3) is 0.568. The van der Waals surface area contributed by atoms with E-state index in [1.807, 2.05) is 19.9 Å². The molecule has 3 aromatic rings. The first-order chi connectivity index (χ1) is 21.8. The highest BCUT2D eigenvalue weighted by molar-refractivity contribution is 5.73. The number of rotatable bonds is 12. The number of aryl methyl sites for hydroxylation is 1. The molecule has 3 heterocycles. The van der Waals surface area contributed by atoms with E-state index in [2.05, 4.69) is 51.7 Å². The number of ether oxygens (including phenoxy) is 1. The van der Waals surface area contributed by atoms with Crippen LogP contribution in [0.1, 0.15) is 87.2 Å². The predicted molar refractivity (Wildman–Crippen MR) is 174 cm³/mol. The van der Waals surface area contributed by atoms with Crippen LogP contribution in [0.15, 0.2) is 54.6 Å². The molecule has 7 nitrogen and oxygen atoms in total. The second-order valence-corrected chi connectivity index (χ2v) is 13.8. The van der Waals surface area contributed by atoms with E-state index in [4.69, 9.17) is 9.84 Å². The van der Waals surface area contributed by atoms with Gasteiger partial charge in [0.25, 0.3) is 0 Å². The van der Waals surface area contributed by atoms with E-state index in [-0.39, 0.29) is 23.6 Å². The van der Waals surface area contributed by atoms with Gasteiger partial charge in [0.05, 0.1) is 11.8 Å². The summed E-state index contributed by atoms with van der Waals surface area (Å²) in [5, 5.41) is 15.0. The van der Waals surface area contributed by atoms with Crippen LogP contribution in [0.2, 0.25) is 0 Å². The van der Waals surface area contributed by atoms with Crippen molar-refractivity contribution in [1.82, 2.24) is 19.6 Å². The fourth-order valence-corrected chi connectivity index (χ4v) is 7.77. The van der Waals surface area contributed by atoms with Crippen LogP contribution in [-0.4, -0.2) is 75.5 Å². The van der Waals surface area contributed by atoms with Gasteiger partial charge in [-0.3, -0.25) is 14.4 Å². The maximum atomic E-state index is 14.2. The van der Waals surface area contributed by atoms with E-state index >= 15 is 0 Å². The molecule has 45 heavy (non-hydrogen) atoms. The first-order valence-electron chi connectivity index (χ1n) is 17.0. The van der Waals surface area contributed by atoms with Crippen molar-refractivity contribution in [3.63, 3.8) is 0 Å². The Morgan fingerprint density at radius 3 is 2.42 bits per heavy atom. The SMILES string of the molecule is CCn1nc(Cc2ccc(OC3CCC3)cc2)cc1C1CCN(C[C@H]2CN([C@@H](C(=O)O)C(C)C)C[C@@H]2c2cccc(F)c2)CC1. The van der Waals surface area contributed by atoms with Crippen molar-refractivity contribution in [2.24, 2.45) is 11.8 Å². The first kappa shape index (κ1) is 31.7. The van der Waals surface area contributed by atoms with Gasteiger partial charge < -0.3 is 14.7 Å². The topological polar surface area (TPSA) is 70.8 Å². The van der Waals surface area contributed by atoms with Crippen LogP contribution >= 0.6 is 0 Å². The summed E-state index contributed by atoms with van der Waals surface area (Å²) < 4.78 is 22.5. The fourth-order valence-electron chi connectivity index (χ4n) is 7.77. The number of aliphatic carboxylic acids is 1. The standard InChI is InChI=1S/C37H49FN4O3/c1-4-42-35(21-31(39-42)19-26-11-13-33(14-12-26)45-32-9-6-10-32)27-15-17-40(18-16-27)22-29-23-41(36(25(2)3)37(43)44)24-34(29)28-7-5-8-30(38)20-28/h5,7-8,11-14,20-21,25,27,29,32,34,36H,4,6,9-10,15-19,22-24H2,1-3H3,(H,43,44)/t29-,34+,36+/m0/s1. The van der Waals surface area contributed by atoms with Crippen LogP contribution in [0.25, 0.3) is 0 Å². The molecule has 2 saturated heterocycles. The lowest BCUT2D eigenvalue weighted by Crippen LogP contribution is -2.44. The van der Waals surface area contributed by atoms with E-state index in [1.165, 1.54) is 23.7 Å². The molecule has 1 aromatic heterocycles. The highest BCUT2D eigenvalue weighted by Gasteiger charge is 2.41. The van der Waals surface area contributed by atoms with E-state index in [9.17, 15) is 14.3 Å². The average Bonchev–Trinajstić information content (AvgIpc) is 3.60. The molecule has 6 rings (SSSR count). The minimum Gasteiger partial charge on any atom is -0.490 e. The Morgan fingerprint density at radius 1 is 1.04 bits per heavy atom. The summed E-state index contributed by atoms with van der Waals surface area (Å²) in [6.45, 7) is 11.2. The Bertz CT molecular complexity index is 1430. The number of halogens is 1. The zero-order chi connectivity index (χ0) is 31.5. The molecule has 1 aliphatic carbocycles. The number of carbonyl (C=O) groups is 1. The summed E-state index contributed by atoms with van der Waals surface area (Å²) in [6.07, 6.45) is 6.95. The summed E-state index contributed by atoms with van der Waals surface area (Å²) in [7, 11) is 0. The van der Waals surface area contributed by atoms with Crippen LogP contribution in [0.5, 0.6) is 5.75 Å². The summed E-state index contributed by atoms with van der Waals surface area (Å²) >= 11 is 0. The molecule has 3 aliphatic rings. The van der Waals surface area contributed by atoms with Crippen molar-refractivity contribution >= 4 is 5.97 Å². The lowest BCUT2D eigenvalue weighted by atomic mass is 9.87. The number of hydrogen-bond acceptors (Lipinski definition) is 5. The third kappa shape index (κ3) is 7.44. The lowest BCUT2D eigenvalue weighted by molar-refractivity contribution is -0.144. The molecule has 3 atom stereocenters. The van der Waals surface area contributed by atoms with Crippen molar-refractivity contribution in [2.75, 3.05) is 32.7 Å². The van der Waals surface area contributed by atoms with Crippen LogP contribution in [0.4, 0.5) is 4.39 Å². The van der Waals surface area contributed by atoms with E-state index in [1.54, 1.807) is 12.1 Å². The monoisotopic (exact) mass is 616 g/mol. The molecule has 3 fully saturated rings. The number of carboxylic acids is 1. The van der Waals surface area contributed by atoms with Crippen molar-refractivity contribution in [3.8, 4) is 5.75 Å². The van der Waals surface area contributed by atoms with E-state index < -0.39 is 12.0 Å². The number of nitrogens with zero attached hydrogens (tertiary/aromatic N) is 4. The van der Waals surface area contributed by atoms with Crippen molar-refractivity contribution < 1.29 is 19.0 Å². The van der Waals surface area contributed by atoms with Gasteiger partial charge in [-0.15, -0.1) is 0 Å². The smallest absolute Gasteiger partial charge is 0.321 e. The molecular weight excluding hydrogens is 567 g/mol. The van der Waals surface area contributed by atoms with Gasteiger partial charge in [0.1, 0.15) is 17.6 Å². The van der Waals surface area contributed by atoms with Crippen LogP contribution in [0.3, 0.4) is 0 Å². The van der Waals surface area contributed by atoms with Gasteiger partial charge >= 0.3 is 5.97 Å². The minimum atomic E-state index is -0.772. The number of carboxylic acid groups (broad SMARTS) is 1. The third-order valence-corrected chi connectivity index (χ3v) is 10.3. The second-order valence-electron chi connectivity index (χ2n) is 13.8. The minimum absolute atomic E-state index is 0.00351. The molecule has 242 valence electrons. The van der Waals surface area contributed by atoms with Crippen molar-refractivity contribution in [1.29, 1.82) is 0 Å². The number of hydrogen-bond donors (Lipinski definition) is 1. The highest BCUT2D eigenvalue weighted by atomic mass is 19.1. The molecule has 1 N–H and O–H groups in total. The summed E-state index contributed by atoms with van der Waals surface area (Å²) in [5.41, 5.74) is 4.68. The Morgan fingerprint density at radius 2 is 1.80 bits per heavy atom. The summed E-state index contributed by atoms with van der Waals surface area (Å²) in [6, 6.07) is 17.2. The molecule has 0 bridgehead atoms. The van der Waals surface area contributed by atoms with E-state index in [0.29, 0.717) is 18.6 Å². The molecule has 8 heteroatoms. The number of likely N-dealkylation sites (tertiary alicyclic amines) is 2. The first-order valence-corrected chi connectivity index (χ1v) is 17.0. The Balaban J connectivity index is 1.08. The van der Waals surface area contributed by atoms with Gasteiger partial charge in [-0.25, -0.2) is 4.39 Å². The van der Waals surface area contributed by atoms with Crippen molar-refractivity contribution in [2.45, 2.75) is 89.8 Å². The number of aromatic nitrogens is 2. The Labute approximate surface area is 267 Å². The van der Waals surface area contributed by atoms with Gasteiger partial charge in [-0.1, -0.05) is 38.1 Å². The van der Waals surface area contributed by atoms with Crippen LogP contribution in [0, 0.1) is 17.7 Å². The molecule has 0 unspecified atom stereocenters. The molecular formula is C37H49FN4O3. The van der Waals surface area contributed by atoms with Crippen LogP contribution in [-0.2, 0) is 17.8 Å². The molecule has 0 radical (unpaired) electrons. The van der Waals surface area contributed by atoms with Gasteiger partial charge in [-0.2, -0.15) is 5.10 Å². The molecule has 0 spiro atoms. The summed E-state index contributed by atoms with van der Waals surface area (Å²) in [4.78, 5) is 16.9. The molecule has 1 saturated carbocycles. The number of piperidine rings is 1. The molecule has 0 amide bonds. The van der Waals surface area contributed by atoms with Gasteiger partial charge in [0.15, 0.2) is 0 Å². The lowest BCUT2D eigenvalue weighted by Gasteiger charge is -2.35. The molecule has 2 aliphatic heterocycles. The number of benzene rings is 2. The molecule has 2 aromatic carbocycles. The second kappa shape index (κ2) is 14.0. The third-order valence-electron chi connectivity index (χ3n) is 10.3. The normalized spacial score (nSPS) is 22.5. The van der Waals surface area contributed by atoms with Crippen molar-refractivity contribution in [3.05, 3.63) is 82.9 Å². The van der Waals surface area contributed by atoms with Crippen LogP contribution < -0.4 is 4.74 Å². The largest absolute Gasteiger partial charge is 0.490 e. The quantitative estimate of drug-likeness (QED) is 0.248. The average molecular weight is 617 g/mol. The Hall–Kier alpha value is -3.23. The zero-order valence-corrected chi connectivity index (χ0v) is 27.1. The zero-order valence-electron chi connectivity index (χ0n) is 27.1. The van der Waals surface area contributed by atoms with Gasteiger partial charge in [-0.05, 0) is 105 Å². The maximum absolute atomic E-state index is 14.2. The predicted octanol–water partition coefficient (Wildman–Crippen LogP) is 6.57. The summed E-state index contributed by atoms with van der Waals surface area (Å²) in [5.74, 6) is 0.798. The van der Waals surface area contributed by atoms with Gasteiger partial charge in [0, 0.05) is 50.1 Å². The maximum Gasteiger partial charge on any atom is 0.321 e.